The molecule has 0 amide bonds. The zero-order valence-electron chi connectivity index (χ0n) is 19.7. The Labute approximate surface area is 201 Å². The molecule has 1 heterocycles. The van der Waals surface area contributed by atoms with Crippen molar-refractivity contribution in [3.05, 3.63) is 132 Å². The van der Waals surface area contributed by atoms with E-state index >= 15 is 0 Å². The van der Waals surface area contributed by atoms with E-state index in [2.05, 4.69) is 125 Å². The Balaban J connectivity index is 1.76. The monoisotopic (exact) mass is 445 g/mol. The number of hydrogen-bond donors (Lipinski definition) is 0. The van der Waals surface area contributed by atoms with Crippen LogP contribution in [0.5, 0.6) is 5.75 Å². The zero-order valence-corrected chi connectivity index (χ0v) is 19.7. The summed E-state index contributed by atoms with van der Waals surface area (Å²) in [5.74, 6) is 2.09. The van der Waals surface area contributed by atoms with Gasteiger partial charge in [0.15, 0.2) is 11.4 Å². The second kappa shape index (κ2) is 9.80. The molecule has 3 heteroatoms. The average Bonchev–Trinajstić information content (AvgIpc) is 3.16. The molecule has 0 unspecified atom stereocenters. The lowest BCUT2D eigenvalue weighted by molar-refractivity contribution is -0.683. The van der Waals surface area contributed by atoms with Crippen LogP contribution >= 0.6 is 0 Å². The molecule has 0 saturated heterocycles. The van der Waals surface area contributed by atoms with Crippen molar-refractivity contribution in [1.29, 1.82) is 0 Å². The third kappa shape index (κ3) is 4.38. The standard InChI is InChI=1S/C31H29N2O/c1-24-32(22-25-13-6-3-7-14-25)30(27-16-8-4-9-17-27)31(28-18-10-5-11-19-28)33(24)23-26-15-12-20-29(21-26)34-2/h3-21H,22-23H2,1-2H3/q+1. The first-order valence-electron chi connectivity index (χ1n) is 11.6. The summed E-state index contributed by atoms with van der Waals surface area (Å²) in [4.78, 5) is 0. The van der Waals surface area contributed by atoms with Gasteiger partial charge in [-0.3, -0.25) is 0 Å². The first-order chi connectivity index (χ1) is 16.7. The molecule has 0 radical (unpaired) electrons. The molecular formula is C31H29N2O+. The summed E-state index contributed by atoms with van der Waals surface area (Å²) in [6.07, 6.45) is 0. The van der Waals surface area contributed by atoms with Gasteiger partial charge in [-0.15, -0.1) is 0 Å². The fourth-order valence-electron chi connectivity index (χ4n) is 4.61. The molecular weight excluding hydrogens is 416 g/mol. The van der Waals surface area contributed by atoms with Gasteiger partial charge in [0, 0.05) is 18.1 Å². The number of nitrogens with zero attached hydrogens (tertiary/aromatic N) is 2. The van der Waals surface area contributed by atoms with Gasteiger partial charge in [-0.1, -0.05) is 103 Å². The van der Waals surface area contributed by atoms with Gasteiger partial charge >= 0.3 is 0 Å². The van der Waals surface area contributed by atoms with E-state index < -0.39 is 0 Å². The number of ether oxygens (including phenoxy) is 1. The van der Waals surface area contributed by atoms with E-state index in [1.165, 1.54) is 39.5 Å². The largest absolute Gasteiger partial charge is 0.497 e. The molecule has 3 nitrogen and oxygen atoms in total. The van der Waals surface area contributed by atoms with Crippen LogP contribution < -0.4 is 9.30 Å². The van der Waals surface area contributed by atoms with Crippen molar-refractivity contribution < 1.29 is 9.30 Å². The van der Waals surface area contributed by atoms with Crippen LogP contribution in [0.4, 0.5) is 0 Å². The van der Waals surface area contributed by atoms with Crippen LogP contribution in [0.15, 0.2) is 115 Å². The lowest BCUT2D eigenvalue weighted by Crippen LogP contribution is -2.38. The van der Waals surface area contributed by atoms with Crippen molar-refractivity contribution >= 4 is 0 Å². The van der Waals surface area contributed by atoms with E-state index in [-0.39, 0.29) is 0 Å². The van der Waals surface area contributed by atoms with Gasteiger partial charge in [0.1, 0.15) is 18.8 Å². The highest BCUT2D eigenvalue weighted by Crippen LogP contribution is 2.32. The molecule has 0 N–H and O–H groups in total. The third-order valence-electron chi connectivity index (χ3n) is 6.30. The number of hydrogen-bond acceptors (Lipinski definition) is 1. The van der Waals surface area contributed by atoms with Gasteiger partial charge in [-0.2, -0.15) is 0 Å². The smallest absolute Gasteiger partial charge is 0.254 e. The van der Waals surface area contributed by atoms with Crippen molar-refractivity contribution in [2.75, 3.05) is 7.11 Å². The topological polar surface area (TPSA) is 18.0 Å². The SMILES string of the molecule is COc1cccc(C[n+]2c(-c3ccccc3)c(-c3ccccc3)n(Cc3ccccc3)c2C)c1. The van der Waals surface area contributed by atoms with Gasteiger partial charge in [0.05, 0.1) is 7.11 Å². The van der Waals surface area contributed by atoms with E-state index in [1.807, 2.05) is 6.07 Å². The Morgan fingerprint density at radius 2 is 1.26 bits per heavy atom. The molecule has 4 aromatic carbocycles. The molecule has 0 bridgehead atoms. The summed E-state index contributed by atoms with van der Waals surface area (Å²) in [6, 6.07) is 40.5. The molecule has 34 heavy (non-hydrogen) atoms. The fraction of sp³-hybridized carbons (Fsp3) is 0.129. The van der Waals surface area contributed by atoms with E-state index in [0.29, 0.717) is 0 Å². The van der Waals surface area contributed by atoms with Gasteiger partial charge in [-0.25, -0.2) is 9.13 Å². The lowest BCUT2D eigenvalue weighted by atomic mass is 10.0. The second-order valence-electron chi connectivity index (χ2n) is 8.49. The van der Waals surface area contributed by atoms with Crippen LogP contribution in [-0.4, -0.2) is 11.7 Å². The van der Waals surface area contributed by atoms with Crippen LogP contribution in [0.2, 0.25) is 0 Å². The van der Waals surface area contributed by atoms with Crippen LogP contribution in [0, 0.1) is 6.92 Å². The van der Waals surface area contributed by atoms with Crippen molar-refractivity contribution in [3.63, 3.8) is 0 Å². The molecule has 0 atom stereocenters. The summed E-state index contributed by atoms with van der Waals surface area (Å²) in [5, 5.41) is 0. The van der Waals surface area contributed by atoms with Gasteiger partial charge < -0.3 is 4.74 Å². The number of imidazole rings is 1. The molecule has 168 valence electrons. The third-order valence-corrected chi connectivity index (χ3v) is 6.30. The summed E-state index contributed by atoms with van der Waals surface area (Å²) < 4.78 is 10.4. The Morgan fingerprint density at radius 1 is 0.676 bits per heavy atom. The lowest BCUT2D eigenvalue weighted by Gasteiger charge is -2.07. The molecule has 0 aliphatic carbocycles. The minimum Gasteiger partial charge on any atom is -0.497 e. The van der Waals surface area contributed by atoms with Crippen LogP contribution in [0.1, 0.15) is 17.0 Å². The number of rotatable bonds is 7. The number of benzene rings is 4. The normalized spacial score (nSPS) is 10.9. The zero-order chi connectivity index (χ0) is 23.3. The predicted octanol–water partition coefficient (Wildman–Crippen LogP) is 6.52. The number of aromatic nitrogens is 2. The highest BCUT2D eigenvalue weighted by atomic mass is 16.5. The summed E-state index contributed by atoms with van der Waals surface area (Å²) in [5.41, 5.74) is 7.37. The molecule has 0 aliphatic rings. The molecule has 0 fully saturated rings. The molecule has 1 aromatic heterocycles. The van der Waals surface area contributed by atoms with Crippen molar-refractivity contribution in [1.82, 2.24) is 4.57 Å². The fourth-order valence-corrected chi connectivity index (χ4v) is 4.61. The average molecular weight is 446 g/mol. The first-order valence-corrected chi connectivity index (χ1v) is 11.6. The molecule has 0 aliphatic heterocycles. The predicted molar refractivity (Wildman–Crippen MR) is 138 cm³/mol. The van der Waals surface area contributed by atoms with Gasteiger partial charge in [0.2, 0.25) is 0 Å². The Bertz CT molecular complexity index is 1370. The van der Waals surface area contributed by atoms with Crippen molar-refractivity contribution in [2.45, 2.75) is 20.0 Å². The molecule has 0 spiro atoms. The maximum atomic E-state index is 5.50. The van der Waals surface area contributed by atoms with E-state index in [9.17, 15) is 0 Å². The Hall–Kier alpha value is -4.11. The Kier molecular flexibility index (Phi) is 6.26. The maximum Gasteiger partial charge on any atom is 0.254 e. The van der Waals surface area contributed by atoms with Crippen LogP contribution in [-0.2, 0) is 13.1 Å². The quantitative estimate of drug-likeness (QED) is 0.261. The maximum absolute atomic E-state index is 5.50. The summed E-state index contributed by atoms with van der Waals surface area (Å²) >= 11 is 0. The molecule has 5 aromatic rings. The Morgan fingerprint density at radius 3 is 1.91 bits per heavy atom. The number of methoxy groups -OCH3 is 1. The van der Waals surface area contributed by atoms with Crippen LogP contribution in [0.3, 0.4) is 0 Å². The highest BCUT2D eigenvalue weighted by molar-refractivity contribution is 5.77. The molecule has 0 saturated carbocycles. The van der Waals surface area contributed by atoms with Gasteiger partial charge in [0.25, 0.3) is 5.82 Å². The molecule has 5 rings (SSSR count). The van der Waals surface area contributed by atoms with E-state index in [4.69, 9.17) is 4.74 Å². The minimum atomic E-state index is 0.759. The summed E-state index contributed by atoms with van der Waals surface area (Å²) in [6.45, 7) is 3.79. The van der Waals surface area contributed by atoms with E-state index in [1.54, 1.807) is 7.11 Å². The summed E-state index contributed by atoms with van der Waals surface area (Å²) in [7, 11) is 1.72. The van der Waals surface area contributed by atoms with E-state index in [0.717, 1.165) is 18.8 Å². The first kappa shape index (κ1) is 21.7. The second-order valence-corrected chi connectivity index (χ2v) is 8.49. The van der Waals surface area contributed by atoms with Crippen molar-refractivity contribution in [2.24, 2.45) is 0 Å². The van der Waals surface area contributed by atoms with Gasteiger partial charge in [-0.05, 0) is 23.3 Å². The van der Waals surface area contributed by atoms with Crippen LogP contribution in [0.25, 0.3) is 22.5 Å². The minimum absolute atomic E-state index is 0.759. The highest BCUT2D eigenvalue weighted by Gasteiger charge is 2.30. The van der Waals surface area contributed by atoms with Crippen molar-refractivity contribution in [3.8, 4) is 28.3 Å².